The molecule has 106 valence electrons. The maximum atomic E-state index is 5.99. The van der Waals surface area contributed by atoms with Gasteiger partial charge in [0.15, 0.2) is 0 Å². The second-order valence-corrected chi connectivity index (χ2v) is 6.02. The van der Waals surface area contributed by atoms with E-state index in [-0.39, 0.29) is 0 Å². The second-order valence-electron chi connectivity index (χ2n) is 5.08. The molecule has 0 bridgehead atoms. The molecule has 1 fully saturated rings. The minimum Gasteiger partial charge on any atom is -0.396 e. The van der Waals surface area contributed by atoms with Gasteiger partial charge in [0.1, 0.15) is 5.01 Å². The van der Waals surface area contributed by atoms with Gasteiger partial charge in [-0.3, -0.25) is 9.88 Å². The lowest BCUT2D eigenvalue weighted by atomic mass is 10.2. The summed E-state index contributed by atoms with van der Waals surface area (Å²) in [5.41, 5.74) is 8.97. The normalized spacial score (nSPS) is 16.6. The topological polar surface area (TPSA) is 58.3 Å². The molecule has 20 heavy (non-hydrogen) atoms. The summed E-state index contributed by atoms with van der Waals surface area (Å²) in [6.45, 7) is 7.08. The highest BCUT2D eigenvalue weighted by Crippen LogP contribution is 2.23. The zero-order valence-electron chi connectivity index (χ0n) is 11.6. The number of nitrogens with two attached hydrogens (primary N) is 1. The van der Waals surface area contributed by atoms with Crippen molar-refractivity contribution in [3.63, 3.8) is 0 Å². The number of anilines is 2. The molecule has 3 heterocycles. The Balaban J connectivity index is 1.58. The molecule has 0 unspecified atom stereocenters. The zero-order chi connectivity index (χ0) is 13.9. The molecule has 0 amide bonds. The molecule has 0 aromatic carbocycles. The van der Waals surface area contributed by atoms with Crippen molar-refractivity contribution in [1.29, 1.82) is 0 Å². The van der Waals surface area contributed by atoms with E-state index >= 15 is 0 Å². The first-order chi connectivity index (χ1) is 9.72. The van der Waals surface area contributed by atoms with Crippen molar-refractivity contribution in [3.05, 3.63) is 34.5 Å². The van der Waals surface area contributed by atoms with Gasteiger partial charge in [-0.1, -0.05) is 0 Å². The van der Waals surface area contributed by atoms with Gasteiger partial charge in [-0.05, 0) is 13.0 Å². The van der Waals surface area contributed by atoms with Crippen molar-refractivity contribution in [2.75, 3.05) is 36.8 Å². The van der Waals surface area contributed by atoms with Gasteiger partial charge >= 0.3 is 0 Å². The summed E-state index contributed by atoms with van der Waals surface area (Å²) in [6.07, 6.45) is 3.52. The molecule has 0 atom stereocenters. The molecule has 1 saturated heterocycles. The second kappa shape index (κ2) is 5.76. The quantitative estimate of drug-likeness (QED) is 0.933. The number of nitrogens with zero attached hydrogens (tertiary/aromatic N) is 4. The van der Waals surface area contributed by atoms with Crippen LogP contribution in [0.4, 0.5) is 11.4 Å². The number of hydrogen-bond donors (Lipinski definition) is 1. The third kappa shape index (κ3) is 2.91. The molecule has 2 N–H and O–H groups in total. The number of nitrogen functional groups attached to an aromatic ring is 1. The number of piperazine rings is 1. The molecule has 0 saturated carbocycles. The largest absolute Gasteiger partial charge is 0.396 e. The van der Waals surface area contributed by atoms with Gasteiger partial charge in [0.2, 0.25) is 0 Å². The fourth-order valence-electron chi connectivity index (χ4n) is 2.50. The van der Waals surface area contributed by atoms with Crippen molar-refractivity contribution in [2.24, 2.45) is 0 Å². The lowest BCUT2D eigenvalue weighted by molar-refractivity contribution is 0.249. The number of aryl methyl sites for hydroxylation is 1. The first-order valence-corrected chi connectivity index (χ1v) is 7.68. The monoisotopic (exact) mass is 289 g/mol. The maximum absolute atomic E-state index is 5.99. The fraction of sp³-hybridized carbons (Fsp3) is 0.429. The molecule has 5 nitrogen and oxygen atoms in total. The van der Waals surface area contributed by atoms with Gasteiger partial charge in [-0.25, -0.2) is 4.98 Å². The van der Waals surface area contributed by atoms with E-state index in [0.717, 1.165) is 49.8 Å². The van der Waals surface area contributed by atoms with E-state index in [1.54, 1.807) is 23.7 Å². The van der Waals surface area contributed by atoms with Crippen LogP contribution in [0.1, 0.15) is 10.7 Å². The van der Waals surface area contributed by atoms with E-state index in [9.17, 15) is 0 Å². The molecule has 0 radical (unpaired) electrons. The maximum Gasteiger partial charge on any atom is 0.107 e. The predicted molar refractivity (Wildman–Crippen MR) is 83.0 cm³/mol. The molecule has 1 aliphatic heterocycles. The van der Waals surface area contributed by atoms with Gasteiger partial charge in [-0.2, -0.15) is 0 Å². The molecular formula is C14H19N5S. The zero-order valence-corrected chi connectivity index (χ0v) is 12.4. The third-order valence-electron chi connectivity index (χ3n) is 3.57. The number of pyridine rings is 1. The van der Waals surface area contributed by atoms with Crippen LogP contribution in [-0.4, -0.2) is 41.0 Å². The standard InChI is InChI=1S/C14H19N5S/c1-11-10-20-14(17-11)9-18-4-6-19(7-5-18)13-2-3-16-8-12(13)15/h2-3,8,10H,4-7,9,15H2,1H3. The highest BCUT2D eigenvalue weighted by molar-refractivity contribution is 7.09. The summed E-state index contributed by atoms with van der Waals surface area (Å²) >= 11 is 1.75. The van der Waals surface area contributed by atoms with Gasteiger partial charge in [0.25, 0.3) is 0 Å². The number of aromatic nitrogens is 2. The van der Waals surface area contributed by atoms with E-state index in [2.05, 4.69) is 25.1 Å². The predicted octanol–water partition coefficient (Wildman–Crippen LogP) is 1.75. The average molecular weight is 289 g/mol. The Morgan fingerprint density at radius 2 is 2.10 bits per heavy atom. The first-order valence-electron chi connectivity index (χ1n) is 6.80. The highest BCUT2D eigenvalue weighted by Gasteiger charge is 2.19. The van der Waals surface area contributed by atoms with E-state index in [1.807, 2.05) is 13.0 Å². The van der Waals surface area contributed by atoms with Crippen molar-refractivity contribution < 1.29 is 0 Å². The van der Waals surface area contributed by atoms with E-state index < -0.39 is 0 Å². The van der Waals surface area contributed by atoms with Crippen LogP contribution < -0.4 is 10.6 Å². The molecule has 3 rings (SSSR count). The van der Waals surface area contributed by atoms with E-state index in [0.29, 0.717) is 0 Å². The van der Waals surface area contributed by atoms with E-state index in [1.165, 1.54) is 5.01 Å². The van der Waals surface area contributed by atoms with Crippen molar-refractivity contribution in [3.8, 4) is 0 Å². The average Bonchev–Trinajstić information content (AvgIpc) is 2.86. The summed E-state index contributed by atoms with van der Waals surface area (Å²) in [4.78, 5) is 13.4. The third-order valence-corrected chi connectivity index (χ3v) is 4.52. The Hall–Kier alpha value is -1.66. The first kappa shape index (κ1) is 13.3. The van der Waals surface area contributed by atoms with E-state index in [4.69, 9.17) is 5.73 Å². The number of rotatable bonds is 3. The Kier molecular flexibility index (Phi) is 3.84. The van der Waals surface area contributed by atoms with Crippen LogP contribution in [0.5, 0.6) is 0 Å². The molecule has 0 spiro atoms. The highest BCUT2D eigenvalue weighted by atomic mass is 32.1. The molecule has 2 aromatic rings. The van der Waals surface area contributed by atoms with Gasteiger partial charge in [0, 0.05) is 43.4 Å². The van der Waals surface area contributed by atoms with Gasteiger partial charge in [-0.15, -0.1) is 11.3 Å². The summed E-state index contributed by atoms with van der Waals surface area (Å²) in [5.74, 6) is 0. The molecule has 1 aliphatic rings. The van der Waals surface area contributed by atoms with Crippen LogP contribution in [0.3, 0.4) is 0 Å². The van der Waals surface area contributed by atoms with Crippen LogP contribution in [0.15, 0.2) is 23.8 Å². The Morgan fingerprint density at radius 3 is 2.75 bits per heavy atom. The minimum absolute atomic E-state index is 0.761. The van der Waals surface area contributed by atoms with Crippen molar-refractivity contribution in [2.45, 2.75) is 13.5 Å². The smallest absolute Gasteiger partial charge is 0.107 e. The number of hydrogen-bond acceptors (Lipinski definition) is 6. The van der Waals surface area contributed by atoms with Crippen molar-refractivity contribution in [1.82, 2.24) is 14.9 Å². The molecule has 0 aliphatic carbocycles. The lowest BCUT2D eigenvalue weighted by Gasteiger charge is -2.36. The number of thiazole rings is 1. The Bertz CT molecular complexity index is 574. The SMILES string of the molecule is Cc1csc(CN2CCN(c3ccncc3N)CC2)n1. The van der Waals surface area contributed by atoms with Gasteiger partial charge < -0.3 is 10.6 Å². The Morgan fingerprint density at radius 1 is 1.30 bits per heavy atom. The fourth-order valence-corrected chi connectivity index (χ4v) is 3.31. The van der Waals surface area contributed by atoms with Crippen LogP contribution in [-0.2, 0) is 6.54 Å². The Labute approximate surface area is 123 Å². The summed E-state index contributed by atoms with van der Waals surface area (Å²) in [6, 6.07) is 2.00. The van der Waals surface area contributed by atoms with Crippen LogP contribution in [0, 0.1) is 6.92 Å². The molecule has 6 heteroatoms. The molecular weight excluding hydrogens is 270 g/mol. The van der Waals surface area contributed by atoms with Crippen LogP contribution in [0.25, 0.3) is 0 Å². The lowest BCUT2D eigenvalue weighted by Crippen LogP contribution is -2.46. The van der Waals surface area contributed by atoms with Crippen LogP contribution >= 0.6 is 11.3 Å². The van der Waals surface area contributed by atoms with Crippen molar-refractivity contribution >= 4 is 22.7 Å². The summed E-state index contributed by atoms with van der Waals surface area (Å²) < 4.78 is 0. The van der Waals surface area contributed by atoms with Gasteiger partial charge in [0.05, 0.1) is 24.1 Å². The minimum atomic E-state index is 0.761. The molecule has 2 aromatic heterocycles. The summed E-state index contributed by atoms with van der Waals surface area (Å²) in [5, 5.41) is 3.32. The van der Waals surface area contributed by atoms with Crippen LogP contribution in [0.2, 0.25) is 0 Å². The summed E-state index contributed by atoms with van der Waals surface area (Å²) in [7, 11) is 0.